The highest BCUT2D eigenvalue weighted by atomic mass is 35.5. The van der Waals surface area contributed by atoms with Gasteiger partial charge in [0.1, 0.15) is 17.3 Å². The predicted octanol–water partition coefficient (Wildman–Crippen LogP) is 1.44. The zero-order valence-corrected chi connectivity index (χ0v) is 13.3. The number of amides is 1. The Bertz CT molecular complexity index is 653. The maximum atomic E-state index is 12.0. The topological polar surface area (TPSA) is 75.4 Å². The van der Waals surface area contributed by atoms with Gasteiger partial charge in [0.2, 0.25) is 5.91 Å². The summed E-state index contributed by atoms with van der Waals surface area (Å²) in [5, 5.41) is 7.42. The van der Waals surface area contributed by atoms with Crippen LogP contribution in [0.15, 0.2) is 6.33 Å². The van der Waals surface area contributed by atoms with E-state index in [0.29, 0.717) is 17.5 Å². The van der Waals surface area contributed by atoms with E-state index in [4.69, 9.17) is 11.6 Å². The fraction of sp³-hybridized carbons (Fsp3) is 0.538. The van der Waals surface area contributed by atoms with E-state index in [2.05, 4.69) is 20.4 Å². The van der Waals surface area contributed by atoms with E-state index in [1.54, 1.807) is 4.52 Å². The zero-order valence-electron chi connectivity index (χ0n) is 12.6. The third-order valence-electron chi connectivity index (χ3n) is 3.04. The highest BCUT2D eigenvalue weighted by molar-refractivity contribution is 6.30. The van der Waals surface area contributed by atoms with E-state index >= 15 is 0 Å². The van der Waals surface area contributed by atoms with E-state index < -0.39 is 0 Å². The zero-order chi connectivity index (χ0) is 15.6. The van der Waals surface area contributed by atoms with Gasteiger partial charge in [-0.05, 0) is 27.7 Å². The number of hydrogen-bond donors (Lipinski definition) is 1. The van der Waals surface area contributed by atoms with Crippen LogP contribution < -0.4 is 10.2 Å². The molecule has 2 rings (SSSR count). The molecule has 1 amide bonds. The third-order valence-corrected chi connectivity index (χ3v) is 3.41. The summed E-state index contributed by atoms with van der Waals surface area (Å²) in [6, 6.07) is 0.102. The van der Waals surface area contributed by atoms with Crippen LogP contribution in [0.1, 0.15) is 26.3 Å². The number of halogens is 1. The number of nitrogens with one attached hydrogen (secondary N) is 1. The van der Waals surface area contributed by atoms with Gasteiger partial charge in [0.05, 0.1) is 6.54 Å². The maximum absolute atomic E-state index is 12.0. The summed E-state index contributed by atoms with van der Waals surface area (Å²) in [4.78, 5) is 22.1. The van der Waals surface area contributed by atoms with E-state index in [1.807, 2.05) is 32.6 Å². The molecule has 0 radical (unpaired) electrons. The van der Waals surface area contributed by atoms with Crippen molar-refractivity contribution in [2.24, 2.45) is 0 Å². The van der Waals surface area contributed by atoms with Crippen LogP contribution in [-0.2, 0) is 4.79 Å². The number of aromatic nitrogens is 4. The maximum Gasteiger partial charge on any atom is 0.255 e. The molecule has 0 aliphatic heterocycles. The van der Waals surface area contributed by atoms with Crippen molar-refractivity contribution in [2.45, 2.75) is 33.7 Å². The standard InChI is InChI=1S/C13H19ClN6O/c1-5-19(6-10(21)17-8(2)3)12-9(4)11(14)18-13-15-7-16-20(12)13/h7-8H,5-6H2,1-4H3,(H,17,21). The largest absolute Gasteiger partial charge is 0.352 e. The second kappa shape index (κ2) is 6.26. The Morgan fingerprint density at radius 1 is 1.52 bits per heavy atom. The van der Waals surface area contributed by atoms with Gasteiger partial charge in [-0.2, -0.15) is 19.6 Å². The molecular formula is C13H19ClN6O. The Hall–Kier alpha value is -1.89. The molecule has 0 bridgehead atoms. The molecule has 8 heteroatoms. The van der Waals surface area contributed by atoms with Gasteiger partial charge >= 0.3 is 0 Å². The first-order valence-electron chi connectivity index (χ1n) is 6.84. The third kappa shape index (κ3) is 3.24. The van der Waals surface area contributed by atoms with E-state index in [0.717, 1.165) is 11.4 Å². The Morgan fingerprint density at radius 2 is 2.24 bits per heavy atom. The Labute approximate surface area is 128 Å². The van der Waals surface area contributed by atoms with Gasteiger partial charge in [-0.15, -0.1) is 0 Å². The monoisotopic (exact) mass is 310 g/mol. The minimum Gasteiger partial charge on any atom is -0.352 e. The van der Waals surface area contributed by atoms with Crippen molar-refractivity contribution in [1.82, 2.24) is 24.9 Å². The summed E-state index contributed by atoms with van der Waals surface area (Å²) in [5.74, 6) is 1.11. The minimum atomic E-state index is -0.0487. The number of carbonyl (C=O) groups is 1. The molecule has 2 heterocycles. The Kier molecular flexibility index (Phi) is 4.62. The molecule has 114 valence electrons. The smallest absolute Gasteiger partial charge is 0.255 e. The lowest BCUT2D eigenvalue weighted by atomic mass is 10.3. The summed E-state index contributed by atoms with van der Waals surface area (Å²) < 4.78 is 1.60. The predicted molar refractivity (Wildman–Crippen MR) is 81.7 cm³/mol. The van der Waals surface area contributed by atoms with Crippen LogP contribution >= 0.6 is 11.6 Å². The lowest BCUT2D eigenvalue weighted by Gasteiger charge is -2.25. The number of anilines is 1. The van der Waals surface area contributed by atoms with Crippen LogP contribution in [0.4, 0.5) is 5.82 Å². The Morgan fingerprint density at radius 3 is 2.86 bits per heavy atom. The van der Waals surface area contributed by atoms with Crippen LogP contribution in [0, 0.1) is 6.92 Å². The molecule has 7 nitrogen and oxygen atoms in total. The van der Waals surface area contributed by atoms with Gasteiger partial charge in [0.25, 0.3) is 5.78 Å². The number of fused-ring (bicyclic) bond motifs is 1. The van der Waals surface area contributed by atoms with E-state index in [1.165, 1.54) is 6.33 Å². The van der Waals surface area contributed by atoms with Crippen LogP contribution in [0.3, 0.4) is 0 Å². The molecule has 0 spiro atoms. The van der Waals surface area contributed by atoms with Crippen LogP contribution in [0.25, 0.3) is 5.78 Å². The highest BCUT2D eigenvalue weighted by Crippen LogP contribution is 2.25. The van der Waals surface area contributed by atoms with Crippen molar-refractivity contribution in [3.8, 4) is 0 Å². The van der Waals surface area contributed by atoms with Gasteiger partial charge in [-0.1, -0.05) is 11.6 Å². The number of hydrogen-bond acceptors (Lipinski definition) is 5. The SMILES string of the molecule is CCN(CC(=O)NC(C)C)c1c(C)c(Cl)nc2ncnn12. The molecule has 0 unspecified atom stereocenters. The molecule has 2 aromatic rings. The second-order valence-electron chi connectivity index (χ2n) is 5.06. The molecular weight excluding hydrogens is 292 g/mol. The quantitative estimate of drug-likeness (QED) is 0.846. The molecule has 1 N–H and O–H groups in total. The average molecular weight is 311 g/mol. The summed E-state index contributed by atoms with van der Waals surface area (Å²) in [5.41, 5.74) is 0.772. The molecule has 21 heavy (non-hydrogen) atoms. The van der Waals surface area contributed by atoms with Gasteiger partial charge < -0.3 is 10.2 Å². The highest BCUT2D eigenvalue weighted by Gasteiger charge is 2.19. The van der Waals surface area contributed by atoms with Crippen LogP contribution in [0.2, 0.25) is 5.15 Å². The lowest BCUT2D eigenvalue weighted by Crippen LogP contribution is -2.41. The van der Waals surface area contributed by atoms with Gasteiger partial charge in [0, 0.05) is 18.2 Å². The van der Waals surface area contributed by atoms with Crippen molar-refractivity contribution in [3.63, 3.8) is 0 Å². The summed E-state index contributed by atoms with van der Waals surface area (Å²) in [6.07, 6.45) is 1.42. The first kappa shape index (κ1) is 15.5. The Balaban J connectivity index is 2.40. The first-order chi connectivity index (χ1) is 9.93. The normalized spacial score (nSPS) is 11.1. The van der Waals surface area contributed by atoms with Crippen molar-refractivity contribution in [3.05, 3.63) is 17.0 Å². The van der Waals surface area contributed by atoms with Crippen molar-refractivity contribution >= 4 is 29.1 Å². The molecule has 2 aromatic heterocycles. The van der Waals surface area contributed by atoms with Crippen LogP contribution in [0.5, 0.6) is 0 Å². The lowest BCUT2D eigenvalue weighted by molar-refractivity contribution is -0.120. The number of rotatable bonds is 5. The fourth-order valence-electron chi connectivity index (χ4n) is 2.13. The van der Waals surface area contributed by atoms with Gasteiger partial charge in [0.15, 0.2) is 0 Å². The molecule has 0 saturated carbocycles. The number of likely N-dealkylation sites (N-methyl/N-ethyl adjacent to an activating group) is 1. The molecule has 0 aliphatic carbocycles. The molecule has 0 aromatic carbocycles. The number of nitrogens with zero attached hydrogens (tertiary/aromatic N) is 5. The molecule has 0 aliphatic rings. The minimum absolute atomic E-state index is 0.0487. The fourth-order valence-corrected chi connectivity index (χ4v) is 2.29. The molecule has 0 atom stereocenters. The van der Waals surface area contributed by atoms with Crippen molar-refractivity contribution < 1.29 is 4.79 Å². The average Bonchev–Trinajstić information content (AvgIpc) is 2.84. The van der Waals surface area contributed by atoms with Gasteiger partial charge in [-0.3, -0.25) is 4.79 Å². The van der Waals surface area contributed by atoms with Gasteiger partial charge in [-0.25, -0.2) is 0 Å². The first-order valence-corrected chi connectivity index (χ1v) is 7.22. The molecule has 0 fully saturated rings. The summed E-state index contributed by atoms with van der Waals surface area (Å²) >= 11 is 6.15. The number of carbonyl (C=O) groups excluding carboxylic acids is 1. The summed E-state index contributed by atoms with van der Waals surface area (Å²) in [7, 11) is 0. The van der Waals surface area contributed by atoms with Crippen molar-refractivity contribution in [2.75, 3.05) is 18.0 Å². The van der Waals surface area contributed by atoms with E-state index in [-0.39, 0.29) is 18.5 Å². The summed E-state index contributed by atoms with van der Waals surface area (Å²) in [6.45, 7) is 8.55. The van der Waals surface area contributed by atoms with E-state index in [9.17, 15) is 4.79 Å². The van der Waals surface area contributed by atoms with Crippen LogP contribution in [-0.4, -0.2) is 44.6 Å². The molecule has 0 saturated heterocycles. The second-order valence-corrected chi connectivity index (χ2v) is 5.42. The van der Waals surface area contributed by atoms with Crippen molar-refractivity contribution in [1.29, 1.82) is 0 Å².